The molecule has 1 aromatic heterocycles. The summed E-state index contributed by atoms with van der Waals surface area (Å²) in [5, 5.41) is 1.24. The number of esters is 1. The maximum Gasteiger partial charge on any atom is 0.317 e. The number of aromatic nitrogens is 1. The first kappa shape index (κ1) is 16.7. The summed E-state index contributed by atoms with van der Waals surface area (Å²) in [5.74, 6) is -0.986. The Labute approximate surface area is 142 Å². The molecule has 5 heteroatoms. The first-order valence-electron chi connectivity index (χ1n) is 8.65. The van der Waals surface area contributed by atoms with E-state index in [0.29, 0.717) is 19.6 Å². The summed E-state index contributed by atoms with van der Waals surface area (Å²) in [6.45, 7) is 4.25. The molecule has 0 aliphatic carbocycles. The van der Waals surface area contributed by atoms with Crippen LogP contribution in [0.5, 0.6) is 0 Å². The summed E-state index contributed by atoms with van der Waals surface area (Å²) >= 11 is 0. The van der Waals surface area contributed by atoms with Crippen LogP contribution in [-0.4, -0.2) is 47.9 Å². The fourth-order valence-corrected chi connectivity index (χ4v) is 3.37. The standard InChI is InChI=1S/C19H24N2O3/c1-2-24-19(23)16-13-21(10-5-8-18(16)22)11-9-14-12-20-17-7-4-3-6-15(14)17/h3-4,6-7,12,16,20H,2,5,8-11,13H2,1H3. The topological polar surface area (TPSA) is 62.4 Å². The highest BCUT2D eigenvalue weighted by atomic mass is 16.5. The molecule has 1 saturated heterocycles. The number of ether oxygens (including phenoxy) is 1. The number of nitrogens with zero attached hydrogens (tertiary/aromatic N) is 1. The van der Waals surface area contributed by atoms with Gasteiger partial charge in [0.25, 0.3) is 0 Å². The fraction of sp³-hybridized carbons (Fsp3) is 0.474. The van der Waals surface area contributed by atoms with E-state index in [-0.39, 0.29) is 11.8 Å². The van der Waals surface area contributed by atoms with Gasteiger partial charge in [0.05, 0.1) is 6.61 Å². The summed E-state index contributed by atoms with van der Waals surface area (Å²) < 4.78 is 5.07. The number of fused-ring (bicyclic) bond motifs is 1. The summed E-state index contributed by atoms with van der Waals surface area (Å²) in [7, 11) is 0. The van der Waals surface area contributed by atoms with E-state index < -0.39 is 5.92 Å². The molecule has 1 atom stereocenters. The van der Waals surface area contributed by atoms with Crippen LogP contribution in [0.15, 0.2) is 30.5 Å². The second kappa shape index (κ2) is 7.62. The number of carbonyl (C=O) groups is 2. The first-order chi connectivity index (χ1) is 11.7. The van der Waals surface area contributed by atoms with Crippen LogP contribution >= 0.6 is 0 Å². The van der Waals surface area contributed by atoms with E-state index in [2.05, 4.69) is 28.2 Å². The van der Waals surface area contributed by atoms with Gasteiger partial charge in [-0.05, 0) is 37.9 Å². The van der Waals surface area contributed by atoms with Gasteiger partial charge in [-0.2, -0.15) is 0 Å². The third kappa shape index (κ3) is 3.67. The van der Waals surface area contributed by atoms with Gasteiger partial charge in [0.1, 0.15) is 11.7 Å². The highest BCUT2D eigenvalue weighted by Crippen LogP contribution is 2.20. The van der Waals surface area contributed by atoms with Gasteiger partial charge < -0.3 is 14.6 Å². The summed E-state index contributed by atoms with van der Waals surface area (Å²) in [6.07, 6.45) is 4.22. The molecule has 1 fully saturated rings. The highest BCUT2D eigenvalue weighted by Gasteiger charge is 2.31. The molecule has 0 saturated carbocycles. The summed E-state index contributed by atoms with van der Waals surface area (Å²) in [6, 6.07) is 8.25. The van der Waals surface area contributed by atoms with Crippen molar-refractivity contribution in [2.45, 2.75) is 26.2 Å². The Morgan fingerprint density at radius 1 is 1.38 bits per heavy atom. The molecule has 3 rings (SSSR count). The third-order valence-corrected chi connectivity index (χ3v) is 4.67. The number of hydrogen-bond acceptors (Lipinski definition) is 4. The molecule has 0 spiro atoms. The van der Waals surface area contributed by atoms with Crippen molar-refractivity contribution in [3.05, 3.63) is 36.0 Å². The van der Waals surface area contributed by atoms with Crippen molar-refractivity contribution in [1.29, 1.82) is 0 Å². The Hall–Kier alpha value is -2.14. The van der Waals surface area contributed by atoms with E-state index >= 15 is 0 Å². The molecule has 1 aromatic carbocycles. The Balaban J connectivity index is 1.65. The zero-order valence-corrected chi connectivity index (χ0v) is 14.1. The quantitative estimate of drug-likeness (QED) is 0.677. The summed E-state index contributed by atoms with van der Waals surface area (Å²) in [5.41, 5.74) is 2.41. The van der Waals surface area contributed by atoms with E-state index in [1.54, 1.807) is 6.92 Å². The van der Waals surface area contributed by atoms with Gasteiger partial charge >= 0.3 is 5.97 Å². The van der Waals surface area contributed by atoms with Crippen LogP contribution in [0.3, 0.4) is 0 Å². The molecule has 24 heavy (non-hydrogen) atoms. The van der Waals surface area contributed by atoms with Crippen LogP contribution in [0.25, 0.3) is 10.9 Å². The van der Waals surface area contributed by atoms with Crippen LogP contribution in [0.2, 0.25) is 0 Å². The van der Waals surface area contributed by atoms with Gasteiger partial charge in [-0.1, -0.05) is 18.2 Å². The second-order valence-corrected chi connectivity index (χ2v) is 6.28. The van der Waals surface area contributed by atoms with Gasteiger partial charge in [-0.25, -0.2) is 0 Å². The minimum atomic E-state index is -0.629. The number of para-hydroxylation sites is 1. The van der Waals surface area contributed by atoms with E-state index in [4.69, 9.17) is 4.74 Å². The van der Waals surface area contributed by atoms with Crippen LogP contribution in [-0.2, 0) is 20.7 Å². The number of Topliss-reactive ketones (excluding diaryl/α,β-unsaturated/α-hetero) is 1. The van der Waals surface area contributed by atoms with E-state index in [1.165, 1.54) is 10.9 Å². The largest absolute Gasteiger partial charge is 0.465 e. The average Bonchev–Trinajstić information content (AvgIpc) is 2.90. The molecule has 1 aliphatic heterocycles. The van der Waals surface area contributed by atoms with Gasteiger partial charge in [-0.15, -0.1) is 0 Å². The Bertz CT molecular complexity index is 722. The fourth-order valence-electron chi connectivity index (χ4n) is 3.37. The lowest BCUT2D eigenvalue weighted by Gasteiger charge is -2.22. The number of carbonyl (C=O) groups excluding carboxylic acids is 2. The van der Waals surface area contributed by atoms with E-state index in [0.717, 1.165) is 31.4 Å². The molecule has 128 valence electrons. The SMILES string of the molecule is CCOC(=O)C1CN(CCc2c[nH]c3ccccc23)CCCC1=O. The van der Waals surface area contributed by atoms with Crippen molar-refractivity contribution in [3.63, 3.8) is 0 Å². The van der Waals surface area contributed by atoms with Crippen molar-refractivity contribution in [2.75, 3.05) is 26.2 Å². The zero-order chi connectivity index (χ0) is 16.9. The van der Waals surface area contributed by atoms with E-state index in [1.807, 2.05) is 12.1 Å². The van der Waals surface area contributed by atoms with Crippen LogP contribution in [0.1, 0.15) is 25.3 Å². The number of aromatic amines is 1. The van der Waals surface area contributed by atoms with Crippen LogP contribution in [0.4, 0.5) is 0 Å². The van der Waals surface area contributed by atoms with Crippen molar-refractivity contribution in [3.8, 4) is 0 Å². The third-order valence-electron chi connectivity index (χ3n) is 4.67. The molecular formula is C19H24N2O3. The predicted molar refractivity (Wildman–Crippen MR) is 92.8 cm³/mol. The number of likely N-dealkylation sites (tertiary alicyclic amines) is 1. The normalized spacial score (nSPS) is 19.4. The van der Waals surface area contributed by atoms with Crippen molar-refractivity contribution in [2.24, 2.45) is 5.92 Å². The average molecular weight is 328 g/mol. The van der Waals surface area contributed by atoms with Crippen molar-refractivity contribution in [1.82, 2.24) is 9.88 Å². The number of rotatable bonds is 5. The molecular weight excluding hydrogens is 304 g/mol. The minimum absolute atomic E-state index is 0.0167. The Kier molecular flexibility index (Phi) is 5.30. The number of ketones is 1. The molecule has 1 N–H and O–H groups in total. The molecule has 2 aromatic rings. The summed E-state index contributed by atoms with van der Waals surface area (Å²) in [4.78, 5) is 29.7. The molecule has 0 radical (unpaired) electrons. The monoisotopic (exact) mass is 328 g/mol. The number of nitrogens with one attached hydrogen (secondary N) is 1. The first-order valence-corrected chi connectivity index (χ1v) is 8.65. The molecule has 5 nitrogen and oxygen atoms in total. The van der Waals surface area contributed by atoms with Gasteiger partial charge in [0, 0.05) is 36.6 Å². The molecule has 2 heterocycles. The maximum atomic E-state index is 12.2. The lowest BCUT2D eigenvalue weighted by Crippen LogP contribution is -2.37. The van der Waals surface area contributed by atoms with Crippen LogP contribution in [0, 0.1) is 5.92 Å². The van der Waals surface area contributed by atoms with Crippen molar-refractivity contribution >= 4 is 22.7 Å². The number of H-pyrrole nitrogens is 1. The Morgan fingerprint density at radius 3 is 3.04 bits per heavy atom. The predicted octanol–water partition coefficient (Wildman–Crippen LogP) is 2.55. The van der Waals surface area contributed by atoms with Gasteiger partial charge in [0.2, 0.25) is 0 Å². The van der Waals surface area contributed by atoms with Gasteiger partial charge in [0.15, 0.2) is 0 Å². The second-order valence-electron chi connectivity index (χ2n) is 6.28. The highest BCUT2D eigenvalue weighted by molar-refractivity contribution is 5.99. The lowest BCUT2D eigenvalue weighted by molar-refractivity contribution is -0.151. The number of hydrogen-bond donors (Lipinski definition) is 1. The molecule has 0 amide bonds. The van der Waals surface area contributed by atoms with Crippen molar-refractivity contribution < 1.29 is 14.3 Å². The zero-order valence-electron chi connectivity index (χ0n) is 14.1. The lowest BCUT2D eigenvalue weighted by atomic mass is 10.0. The van der Waals surface area contributed by atoms with E-state index in [9.17, 15) is 9.59 Å². The minimum Gasteiger partial charge on any atom is -0.465 e. The van der Waals surface area contributed by atoms with Crippen LogP contribution < -0.4 is 0 Å². The van der Waals surface area contributed by atoms with Gasteiger partial charge in [-0.3, -0.25) is 9.59 Å². The molecule has 0 bridgehead atoms. The smallest absolute Gasteiger partial charge is 0.317 e. The molecule has 1 aliphatic rings. The molecule has 1 unspecified atom stereocenters. The maximum absolute atomic E-state index is 12.2. The number of benzene rings is 1. The Morgan fingerprint density at radius 2 is 2.21 bits per heavy atom.